The number of ether oxygens (including phenoxy) is 10. The molecule has 516 valence electrons. The number of hydrogen-bond acceptors (Lipinski definition) is 29. The normalized spacial score (nSPS) is 51.8. The van der Waals surface area contributed by atoms with Gasteiger partial charge in [-0.1, -0.05) is 53.2 Å². The molecule has 5 saturated heterocycles. The number of hydrogen-bond donors (Lipinski definition) is 19. The average Bonchev–Trinajstić information content (AvgIpc) is 1.66. The van der Waals surface area contributed by atoms with Gasteiger partial charge in [0.2, 0.25) is 0 Å². The topological polar surface area (TPSA) is 477 Å². The van der Waals surface area contributed by atoms with Crippen molar-refractivity contribution < 1.29 is 144 Å². The van der Waals surface area contributed by atoms with E-state index in [0.717, 1.165) is 18.4 Å². The van der Waals surface area contributed by atoms with E-state index in [0.29, 0.717) is 32.1 Å². The minimum absolute atomic E-state index is 0.0310. The molecule has 9 aliphatic rings. The summed E-state index contributed by atoms with van der Waals surface area (Å²) in [4.78, 5) is 0. The molecular formula is C60H102O29. The van der Waals surface area contributed by atoms with Crippen molar-refractivity contribution >= 4 is 0 Å². The Kier molecular flexibility index (Phi) is 22.3. The number of fused-ring (bicyclic) bond motifs is 5. The maximum atomic E-state index is 12.8. The van der Waals surface area contributed by atoms with Crippen molar-refractivity contribution in [3.8, 4) is 0 Å². The van der Waals surface area contributed by atoms with E-state index in [9.17, 15) is 97.0 Å². The van der Waals surface area contributed by atoms with Crippen molar-refractivity contribution in [2.24, 2.45) is 45.3 Å². The van der Waals surface area contributed by atoms with Crippen LogP contribution in [0.5, 0.6) is 0 Å². The minimum Gasteiger partial charge on any atom is -0.394 e. The van der Waals surface area contributed by atoms with Crippen LogP contribution in [-0.2, 0) is 47.4 Å². The molecule has 19 N–H and O–H groups in total. The van der Waals surface area contributed by atoms with Crippen LogP contribution < -0.4 is 0 Å². The van der Waals surface area contributed by atoms with Gasteiger partial charge in [-0.2, -0.15) is 0 Å². The van der Waals surface area contributed by atoms with Crippen LogP contribution in [0.2, 0.25) is 0 Å². The van der Waals surface area contributed by atoms with Crippen LogP contribution in [0.25, 0.3) is 0 Å². The molecule has 9 rings (SSSR count). The lowest BCUT2D eigenvalue weighted by Gasteiger charge is -2.67. The number of allylic oxidation sites excluding steroid dienone is 1. The Morgan fingerprint density at radius 3 is 1.45 bits per heavy atom. The molecule has 5 heterocycles. The number of aliphatic hydroxyl groups excluding tert-OH is 18. The summed E-state index contributed by atoms with van der Waals surface area (Å²) in [6.07, 6.45) is -37.4. The lowest BCUT2D eigenvalue weighted by atomic mass is 9.38. The highest BCUT2D eigenvalue weighted by Crippen LogP contribution is 2.75. The van der Waals surface area contributed by atoms with E-state index in [1.165, 1.54) is 13.8 Å². The third-order valence-electron chi connectivity index (χ3n) is 22.9. The fourth-order valence-electron chi connectivity index (χ4n) is 17.0. The molecular weight excluding hydrogens is 1180 g/mol. The van der Waals surface area contributed by atoms with Gasteiger partial charge in [0, 0.05) is 10.8 Å². The van der Waals surface area contributed by atoms with E-state index < -0.39 is 227 Å². The molecule has 0 spiro atoms. The zero-order valence-electron chi connectivity index (χ0n) is 51.8. The summed E-state index contributed by atoms with van der Waals surface area (Å²) >= 11 is 0. The first-order valence-electron chi connectivity index (χ1n) is 31.6. The standard InChI is InChI=1S/C60H102O29/c1-23(9-13-35(57(4,5)79)88-55-50(89-54-49(78)43(72)38(67)29(20-63)84-54)45(74)40(69)31(86-55)22-81-52-47(76)42(71)37(66)28(19-62)83-52)24-15-16-58(6)32-12-10-25-26(60(32,8)33(64)17-59(24,58)7)11-14-34(56(25,2)3)87-53-48(77)44(73)39(68)30(85-53)21-80-51-46(75)41(70)36(65)27(18-61)82-51/h10,23-24,26-55,61-79H,9,11-22H2,1-8H3/t23?,24-,26+,27-,28-,29+,30?,31-,32-,33?,34-,35+,36+,37+,38+,39+,40+,41-,42-,43-,44-,45-,46?,47?,48-,49?,50?,51+,52+,53-,54-,55-,58+,59+,60+/m0/s1. The Balaban J connectivity index is 0.883. The second kappa shape index (κ2) is 27.6. The molecule has 4 aliphatic carbocycles. The predicted molar refractivity (Wildman–Crippen MR) is 300 cm³/mol. The molecule has 0 amide bonds. The molecule has 29 nitrogen and oxygen atoms in total. The molecule has 5 aliphatic heterocycles. The van der Waals surface area contributed by atoms with Crippen LogP contribution in [0.1, 0.15) is 107 Å². The van der Waals surface area contributed by atoms with Gasteiger partial charge in [-0.15, -0.1) is 0 Å². The average molecular weight is 1290 g/mol. The second-order valence-corrected chi connectivity index (χ2v) is 28.7. The molecule has 0 bridgehead atoms. The summed E-state index contributed by atoms with van der Waals surface area (Å²) in [5, 5.41) is 205. The predicted octanol–water partition coefficient (Wildman–Crippen LogP) is -5.41. The van der Waals surface area contributed by atoms with Crippen LogP contribution >= 0.6 is 0 Å². The molecule has 0 radical (unpaired) electrons. The third kappa shape index (κ3) is 13.1. The van der Waals surface area contributed by atoms with E-state index in [2.05, 4.69) is 33.8 Å². The van der Waals surface area contributed by atoms with Gasteiger partial charge in [0.25, 0.3) is 0 Å². The summed E-state index contributed by atoms with van der Waals surface area (Å²) in [7, 11) is 0. The summed E-state index contributed by atoms with van der Waals surface area (Å²) in [5.74, 6) is -0.0172. The van der Waals surface area contributed by atoms with Crippen molar-refractivity contribution in [1.29, 1.82) is 0 Å². The Morgan fingerprint density at radius 1 is 0.517 bits per heavy atom. The van der Waals surface area contributed by atoms with Gasteiger partial charge < -0.3 is 144 Å². The number of aliphatic hydroxyl groups is 19. The molecule has 0 aromatic rings. The van der Waals surface area contributed by atoms with E-state index in [1.807, 2.05) is 13.8 Å². The van der Waals surface area contributed by atoms with Gasteiger partial charge in [-0.05, 0) is 99.7 Å². The first-order valence-corrected chi connectivity index (χ1v) is 31.6. The molecule has 29 heteroatoms. The van der Waals surface area contributed by atoms with Crippen molar-refractivity contribution in [2.75, 3.05) is 33.0 Å². The first kappa shape index (κ1) is 71.9. The van der Waals surface area contributed by atoms with Crippen LogP contribution in [0, 0.1) is 45.3 Å². The Morgan fingerprint density at radius 2 is 0.955 bits per heavy atom. The van der Waals surface area contributed by atoms with Crippen LogP contribution in [0.4, 0.5) is 0 Å². The van der Waals surface area contributed by atoms with Crippen molar-refractivity contribution in [3.05, 3.63) is 11.6 Å². The van der Waals surface area contributed by atoms with E-state index in [4.69, 9.17) is 47.4 Å². The molecule has 8 fully saturated rings. The van der Waals surface area contributed by atoms with Crippen LogP contribution in [-0.4, -0.2) is 308 Å². The van der Waals surface area contributed by atoms with Crippen LogP contribution in [0.15, 0.2) is 11.6 Å². The quantitative estimate of drug-likeness (QED) is 0.0506. The van der Waals surface area contributed by atoms with Crippen molar-refractivity contribution in [2.45, 2.75) is 284 Å². The summed E-state index contributed by atoms with van der Waals surface area (Å²) < 4.78 is 59.3. The maximum Gasteiger partial charge on any atom is 0.187 e. The summed E-state index contributed by atoms with van der Waals surface area (Å²) in [6.45, 7) is 12.6. The van der Waals surface area contributed by atoms with E-state index >= 15 is 0 Å². The molecule has 0 aromatic heterocycles. The molecule has 0 aromatic carbocycles. The third-order valence-corrected chi connectivity index (χ3v) is 22.9. The van der Waals surface area contributed by atoms with E-state index in [-0.39, 0.29) is 35.5 Å². The van der Waals surface area contributed by atoms with Gasteiger partial charge >= 0.3 is 0 Å². The van der Waals surface area contributed by atoms with Crippen molar-refractivity contribution in [3.63, 3.8) is 0 Å². The number of rotatable bonds is 20. The summed E-state index contributed by atoms with van der Waals surface area (Å²) in [6, 6.07) is 0. The zero-order chi connectivity index (χ0) is 65.5. The van der Waals surface area contributed by atoms with Gasteiger partial charge in [0.15, 0.2) is 31.5 Å². The smallest absolute Gasteiger partial charge is 0.187 e. The Labute approximate surface area is 517 Å². The fraction of sp³-hybridized carbons (Fsp3) is 0.967. The van der Waals surface area contributed by atoms with Crippen LogP contribution in [0.3, 0.4) is 0 Å². The first-order chi connectivity index (χ1) is 41.6. The van der Waals surface area contributed by atoms with Gasteiger partial charge in [-0.25, -0.2) is 0 Å². The second-order valence-electron chi connectivity index (χ2n) is 28.7. The molecule has 35 atom stereocenters. The monoisotopic (exact) mass is 1290 g/mol. The zero-order valence-corrected chi connectivity index (χ0v) is 51.8. The SMILES string of the molecule is CC(CC[C@@H](O[C@@H]1O[C@@H](CO[C@@H]2O[C@@H](CO)[C@@H](O)[C@H](O)C2O)[C@@H](O)[C@H](O)C1O[C@@H]1O[C@H](CO)[C@@H](O)[C@H](O)C1O)C(C)(C)O)[C@@H]1CC[C@]2(C)[C@@H]3CC=C4[C@@H](CC[C@H](O[C@@H]5OC(CO[C@@H]6O[C@@H](CO)[C@@H](O)[C@H](O)C6O)[C@@H](O)[C@H](O)[C@@H]5O)C4(C)C)[C@@]3(C)C(O)C[C@]12C. The van der Waals surface area contributed by atoms with Crippen molar-refractivity contribution in [1.82, 2.24) is 0 Å². The highest BCUT2D eigenvalue weighted by atomic mass is 16.8. The maximum absolute atomic E-state index is 12.8. The Bertz CT molecular complexity index is 2340. The lowest BCUT2D eigenvalue weighted by Crippen LogP contribution is -2.65. The Hall–Kier alpha value is -1.42. The molecule has 3 saturated carbocycles. The highest BCUT2D eigenvalue weighted by molar-refractivity contribution is 5.32. The highest BCUT2D eigenvalue weighted by Gasteiger charge is 2.70. The van der Waals surface area contributed by atoms with Gasteiger partial charge in [0.1, 0.15) is 122 Å². The summed E-state index contributed by atoms with van der Waals surface area (Å²) in [5.41, 5.74) is -2.49. The lowest BCUT2D eigenvalue weighted by molar-refractivity contribution is -0.380. The van der Waals surface area contributed by atoms with E-state index in [1.54, 1.807) is 0 Å². The molecule has 89 heavy (non-hydrogen) atoms. The van der Waals surface area contributed by atoms with Gasteiger partial charge in [0.05, 0.1) is 56.9 Å². The van der Waals surface area contributed by atoms with Gasteiger partial charge in [-0.3, -0.25) is 0 Å². The minimum atomic E-state index is -1.96. The largest absolute Gasteiger partial charge is 0.394 e. The molecule has 7 unspecified atom stereocenters. The fourth-order valence-corrected chi connectivity index (χ4v) is 17.0.